The van der Waals surface area contributed by atoms with Crippen LogP contribution in [-0.4, -0.2) is 36.9 Å². The van der Waals surface area contributed by atoms with Gasteiger partial charge in [0.15, 0.2) is 0 Å². The van der Waals surface area contributed by atoms with Gasteiger partial charge in [-0.2, -0.15) is 0 Å². The minimum Gasteiger partial charge on any atom is -0.368 e. The zero-order valence-corrected chi connectivity index (χ0v) is 17.6. The summed E-state index contributed by atoms with van der Waals surface area (Å²) < 4.78 is 29.6. The SMILES string of the molecule is Cn1ccc2c(C(=O)NC3CCC(Nc4cccc5nc(C(F)F)cn45)CC3)ccnc21. The van der Waals surface area contributed by atoms with Crippen LogP contribution >= 0.6 is 0 Å². The average Bonchev–Trinajstić information content (AvgIpc) is 3.40. The second-order valence-electron chi connectivity index (χ2n) is 8.29. The first kappa shape index (κ1) is 20.4. The van der Waals surface area contributed by atoms with Gasteiger partial charge >= 0.3 is 0 Å². The normalized spacial score (nSPS) is 19.0. The van der Waals surface area contributed by atoms with Gasteiger partial charge in [0, 0.05) is 43.1 Å². The Morgan fingerprint density at radius 3 is 2.69 bits per heavy atom. The summed E-state index contributed by atoms with van der Waals surface area (Å²) in [5.41, 5.74) is 1.69. The molecule has 4 aromatic rings. The van der Waals surface area contributed by atoms with Crippen molar-refractivity contribution in [3.05, 3.63) is 60.2 Å². The minimum absolute atomic E-state index is 0.0808. The maximum absolute atomic E-state index is 13.0. The molecule has 2 N–H and O–H groups in total. The number of carbonyl (C=O) groups excluding carboxylic acids is 1. The van der Waals surface area contributed by atoms with E-state index in [0.29, 0.717) is 11.2 Å². The highest BCUT2D eigenvalue weighted by atomic mass is 19.3. The first-order chi connectivity index (χ1) is 15.5. The summed E-state index contributed by atoms with van der Waals surface area (Å²) >= 11 is 0. The largest absolute Gasteiger partial charge is 0.368 e. The highest BCUT2D eigenvalue weighted by molar-refractivity contribution is 6.05. The molecule has 1 aliphatic carbocycles. The second kappa shape index (κ2) is 8.22. The Bertz CT molecular complexity index is 1270. The Morgan fingerprint density at radius 1 is 1.12 bits per heavy atom. The van der Waals surface area contributed by atoms with Crippen molar-refractivity contribution < 1.29 is 13.6 Å². The van der Waals surface area contributed by atoms with Crippen LogP contribution in [0.4, 0.5) is 14.6 Å². The van der Waals surface area contributed by atoms with E-state index in [9.17, 15) is 13.6 Å². The number of nitrogens with zero attached hydrogens (tertiary/aromatic N) is 4. The van der Waals surface area contributed by atoms with E-state index in [1.165, 1.54) is 6.20 Å². The highest BCUT2D eigenvalue weighted by Crippen LogP contribution is 2.26. The molecule has 166 valence electrons. The number of carbonyl (C=O) groups is 1. The Labute approximate surface area is 183 Å². The molecule has 4 aromatic heterocycles. The van der Waals surface area contributed by atoms with E-state index >= 15 is 0 Å². The molecule has 0 spiro atoms. The van der Waals surface area contributed by atoms with Gasteiger partial charge in [-0.3, -0.25) is 9.20 Å². The van der Waals surface area contributed by atoms with Crippen LogP contribution in [0, 0.1) is 0 Å². The Balaban J connectivity index is 1.22. The summed E-state index contributed by atoms with van der Waals surface area (Å²) in [5.74, 6) is 0.667. The highest BCUT2D eigenvalue weighted by Gasteiger charge is 2.24. The molecule has 9 heteroatoms. The van der Waals surface area contributed by atoms with Crippen LogP contribution in [0.15, 0.2) is 48.9 Å². The molecule has 7 nitrogen and oxygen atoms in total. The van der Waals surface area contributed by atoms with Gasteiger partial charge in [0.2, 0.25) is 0 Å². The van der Waals surface area contributed by atoms with E-state index in [1.807, 2.05) is 36.0 Å². The third kappa shape index (κ3) is 3.79. The lowest BCUT2D eigenvalue weighted by Crippen LogP contribution is -2.40. The molecular formula is C23H24F2N6O. The van der Waals surface area contributed by atoms with Crippen LogP contribution in [0.2, 0.25) is 0 Å². The van der Waals surface area contributed by atoms with Crippen molar-refractivity contribution in [2.45, 2.75) is 44.2 Å². The molecule has 1 aliphatic rings. The maximum atomic E-state index is 13.0. The molecule has 0 saturated heterocycles. The molecule has 1 saturated carbocycles. The van der Waals surface area contributed by atoms with E-state index in [1.54, 1.807) is 22.7 Å². The lowest BCUT2D eigenvalue weighted by atomic mass is 9.91. The summed E-state index contributed by atoms with van der Waals surface area (Å²) in [5, 5.41) is 7.47. The van der Waals surface area contributed by atoms with Gasteiger partial charge in [0.25, 0.3) is 12.3 Å². The maximum Gasteiger partial charge on any atom is 0.281 e. The lowest BCUT2D eigenvalue weighted by molar-refractivity contribution is 0.0928. The van der Waals surface area contributed by atoms with E-state index in [2.05, 4.69) is 20.6 Å². The summed E-state index contributed by atoms with van der Waals surface area (Å²) in [6.07, 6.45) is 5.77. The quantitative estimate of drug-likeness (QED) is 0.487. The number of hydrogen-bond acceptors (Lipinski definition) is 4. The predicted octanol–water partition coefficient (Wildman–Crippen LogP) is 4.31. The number of anilines is 1. The molecule has 0 unspecified atom stereocenters. The zero-order chi connectivity index (χ0) is 22.2. The first-order valence-corrected chi connectivity index (χ1v) is 10.7. The van der Waals surface area contributed by atoms with Crippen molar-refractivity contribution in [3.8, 4) is 0 Å². The molecule has 1 amide bonds. The predicted molar refractivity (Wildman–Crippen MR) is 118 cm³/mol. The van der Waals surface area contributed by atoms with E-state index in [4.69, 9.17) is 0 Å². The molecule has 0 radical (unpaired) electrons. The smallest absolute Gasteiger partial charge is 0.281 e. The number of imidazole rings is 1. The number of aromatic nitrogens is 4. The summed E-state index contributed by atoms with van der Waals surface area (Å²) in [4.78, 5) is 21.2. The average molecular weight is 438 g/mol. The van der Waals surface area contributed by atoms with E-state index in [-0.39, 0.29) is 23.7 Å². The van der Waals surface area contributed by atoms with Crippen LogP contribution in [0.25, 0.3) is 16.7 Å². The third-order valence-corrected chi connectivity index (χ3v) is 6.16. The monoisotopic (exact) mass is 438 g/mol. The molecule has 5 rings (SSSR count). The molecular weight excluding hydrogens is 414 g/mol. The van der Waals surface area contributed by atoms with Crippen LogP contribution in [0.5, 0.6) is 0 Å². The Kier molecular flexibility index (Phi) is 5.24. The van der Waals surface area contributed by atoms with Gasteiger partial charge < -0.3 is 15.2 Å². The van der Waals surface area contributed by atoms with Gasteiger partial charge in [-0.15, -0.1) is 0 Å². The Morgan fingerprint density at radius 2 is 1.91 bits per heavy atom. The number of halogens is 2. The number of amides is 1. The molecule has 32 heavy (non-hydrogen) atoms. The molecule has 0 atom stereocenters. The van der Waals surface area contributed by atoms with E-state index in [0.717, 1.165) is 42.5 Å². The van der Waals surface area contributed by atoms with Crippen molar-refractivity contribution in [2.75, 3.05) is 5.32 Å². The van der Waals surface area contributed by atoms with Gasteiger partial charge in [-0.1, -0.05) is 6.07 Å². The summed E-state index contributed by atoms with van der Waals surface area (Å²) in [7, 11) is 1.91. The van der Waals surface area contributed by atoms with Crippen LogP contribution in [-0.2, 0) is 7.05 Å². The molecule has 0 bridgehead atoms. The van der Waals surface area contributed by atoms with Gasteiger partial charge in [-0.05, 0) is 49.9 Å². The molecule has 0 aliphatic heterocycles. The van der Waals surface area contributed by atoms with Crippen molar-refractivity contribution >= 4 is 28.4 Å². The van der Waals surface area contributed by atoms with E-state index < -0.39 is 6.43 Å². The number of fused-ring (bicyclic) bond motifs is 2. The van der Waals surface area contributed by atoms with Crippen molar-refractivity contribution in [2.24, 2.45) is 7.05 Å². The topological polar surface area (TPSA) is 76.2 Å². The Hall–Kier alpha value is -3.49. The van der Waals surface area contributed by atoms with Crippen LogP contribution in [0.3, 0.4) is 0 Å². The van der Waals surface area contributed by atoms with Crippen molar-refractivity contribution in [3.63, 3.8) is 0 Å². The number of pyridine rings is 2. The molecule has 4 heterocycles. The zero-order valence-electron chi connectivity index (χ0n) is 17.6. The number of alkyl halides is 2. The van der Waals surface area contributed by atoms with Crippen LogP contribution < -0.4 is 10.6 Å². The van der Waals surface area contributed by atoms with Gasteiger partial charge in [-0.25, -0.2) is 18.7 Å². The molecule has 1 fully saturated rings. The first-order valence-electron chi connectivity index (χ1n) is 10.7. The number of aryl methyl sites for hydroxylation is 1. The fraction of sp³-hybridized carbons (Fsp3) is 0.348. The van der Waals surface area contributed by atoms with Crippen molar-refractivity contribution in [1.29, 1.82) is 0 Å². The summed E-state index contributed by atoms with van der Waals surface area (Å²) in [6, 6.07) is 9.36. The fourth-order valence-corrected chi connectivity index (χ4v) is 4.47. The minimum atomic E-state index is -2.60. The van der Waals surface area contributed by atoms with Gasteiger partial charge in [0.05, 0.1) is 5.56 Å². The van der Waals surface area contributed by atoms with Crippen molar-refractivity contribution in [1.82, 2.24) is 24.3 Å². The number of rotatable bonds is 5. The summed E-state index contributed by atoms with van der Waals surface area (Å²) in [6.45, 7) is 0. The number of nitrogens with one attached hydrogen (secondary N) is 2. The lowest BCUT2D eigenvalue weighted by Gasteiger charge is -2.30. The fourth-order valence-electron chi connectivity index (χ4n) is 4.47. The molecule has 0 aromatic carbocycles. The second-order valence-corrected chi connectivity index (χ2v) is 8.29. The number of hydrogen-bond donors (Lipinski definition) is 2. The standard InChI is InChI=1S/C23H24F2N6O/c1-30-12-10-16-17(9-11-26-22(16)30)23(32)28-15-7-5-14(6-8-15)27-19-3-2-4-20-29-18(21(24)25)13-31(19)20/h2-4,9-15,21,27H,5-8H2,1H3,(H,28,32). The van der Waals surface area contributed by atoms with Crippen LogP contribution in [0.1, 0.15) is 48.2 Å². The third-order valence-electron chi connectivity index (χ3n) is 6.16. The van der Waals surface area contributed by atoms with Gasteiger partial charge in [0.1, 0.15) is 22.8 Å².